The van der Waals surface area contributed by atoms with E-state index < -0.39 is 0 Å². The van der Waals surface area contributed by atoms with Crippen molar-refractivity contribution >= 4 is 16.6 Å². The Labute approximate surface area is 82.5 Å². The highest BCUT2D eigenvalue weighted by atomic mass is 16.5. The summed E-state index contributed by atoms with van der Waals surface area (Å²) >= 11 is 0. The highest BCUT2D eigenvalue weighted by molar-refractivity contribution is 5.91. The molecule has 0 aliphatic carbocycles. The first-order valence-corrected chi connectivity index (χ1v) is 4.42. The van der Waals surface area contributed by atoms with E-state index in [9.17, 15) is 0 Å². The molecule has 0 fully saturated rings. The van der Waals surface area contributed by atoms with Gasteiger partial charge < -0.3 is 10.5 Å². The number of ether oxygens (including phenoxy) is 1. The summed E-state index contributed by atoms with van der Waals surface area (Å²) in [4.78, 5) is 4.27. The fourth-order valence-corrected chi connectivity index (χ4v) is 1.53. The molecule has 3 heteroatoms. The van der Waals surface area contributed by atoms with E-state index in [2.05, 4.69) is 4.98 Å². The third-order valence-corrected chi connectivity index (χ3v) is 2.38. The molecule has 2 aromatic rings. The second-order valence-electron chi connectivity index (χ2n) is 3.19. The highest BCUT2D eigenvalue weighted by Gasteiger charge is 2.07. The van der Waals surface area contributed by atoms with E-state index in [4.69, 9.17) is 10.5 Å². The molecule has 0 aliphatic rings. The Morgan fingerprint density at radius 3 is 2.93 bits per heavy atom. The zero-order chi connectivity index (χ0) is 10.1. The SMILES string of the molecule is COc1cc(N)c(C)c2cccnc12. The number of anilines is 1. The largest absolute Gasteiger partial charge is 0.494 e. The number of benzene rings is 1. The van der Waals surface area contributed by atoms with E-state index >= 15 is 0 Å². The average molecular weight is 188 g/mol. The van der Waals surface area contributed by atoms with Gasteiger partial charge in [0.1, 0.15) is 11.3 Å². The van der Waals surface area contributed by atoms with Crippen molar-refractivity contribution in [2.24, 2.45) is 0 Å². The van der Waals surface area contributed by atoms with Crippen LogP contribution in [0.25, 0.3) is 10.9 Å². The third-order valence-electron chi connectivity index (χ3n) is 2.38. The Balaban J connectivity index is 2.89. The van der Waals surface area contributed by atoms with E-state index in [0.717, 1.165) is 27.9 Å². The number of methoxy groups -OCH3 is 1. The molecule has 2 N–H and O–H groups in total. The average Bonchev–Trinajstić information content (AvgIpc) is 2.23. The third kappa shape index (κ3) is 1.18. The summed E-state index contributed by atoms with van der Waals surface area (Å²) in [5.74, 6) is 0.726. The molecule has 1 aromatic heterocycles. The van der Waals surface area contributed by atoms with Crippen LogP contribution in [0.1, 0.15) is 5.56 Å². The smallest absolute Gasteiger partial charge is 0.147 e. The molecule has 0 amide bonds. The van der Waals surface area contributed by atoms with Gasteiger partial charge in [-0.15, -0.1) is 0 Å². The molecule has 1 heterocycles. The molecule has 0 radical (unpaired) electrons. The Morgan fingerprint density at radius 2 is 2.21 bits per heavy atom. The normalized spacial score (nSPS) is 10.4. The Bertz CT molecular complexity index is 480. The summed E-state index contributed by atoms with van der Waals surface area (Å²) in [5.41, 5.74) is 8.51. The fraction of sp³-hybridized carbons (Fsp3) is 0.182. The number of fused-ring (bicyclic) bond motifs is 1. The summed E-state index contributed by atoms with van der Waals surface area (Å²) in [6, 6.07) is 5.70. The minimum absolute atomic E-state index is 0.726. The molecule has 72 valence electrons. The number of pyridine rings is 1. The molecule has 0 bridgehead atoms. The molecule has 0 spiro atoms. The molecule has 14 heavy (non-hydrogen) atoms. The maximum Gasteiger partial charge on any atom is 0.147 e. The number of rotatable bonds is 1. The fourth-order valence-electron chi connectivity index (χ4n) is 1.53. The first kappa shape index (κ1) is 8.81. The molecule has 3 nitrogen and oxygen atoms in total. The second kappa shape index (κ2) is 3.18. The maximum absolute atomic E-state index is 5.85. The maximum atomic E-state index is 5.85. The number of nitrogens with zero attached hydrogens (tertiary/aromatic N) is 1. The molecular formula is C11H12N2O. The van der Waals surface area contributed by atoms with Crippen molar-refractivity contribution in [3.05, 3.63) is 30.0 Å². The summed E-state index contributed by atoms with van der Waals surface area (Å²) in [7, 11) is 1.62. The van der Waals surface area contributed by atoms with Crippen molar-refractivity contribution in [1.82, 2.24) is 4.98 Å². The van der Waals surface area contributed by atoms with Crippen LogP contribution >= 0.6 is 0 Å². The van der Waals surface area contributed by atoms with Gasteiger partial charge in [0, 0.05) is 23.3 Å². The minimum Gasteiger partial charge on any atom is -0.494 e. The number of hydrogen-bond acceptors (Lipinski definition) is 3. The van der Waals surface area contributed by atoms with Gasteiger partial charge in [0.2, 0.25) is 0 Å². The van der Waals surface area contributed by atoms with Gasteiger partial charge in [-0.3, -0.25) is 4.98 Å². The molecule has 1 aromatic carbocycles. The van der Waals surface area contributed by atoms with Gasteiger partial charge in [-0.05, 0) is 18.6 Å². The molecule has 0 atom stereocenters. The van der Waals surface area contributed by atoms with Gasteiger partial charge in [0.15, 0.2) is 0 Å². The summed E-state index contributed by atoms with van der Waals surface area (Å²) in [6.45, 7) is 1.98. The number of aryl methyl sites for hydroxylation is 1. The van der Waals surface area contributed by atoms with Crippen molar-refractivity contribution in [2.45, 2.75) is 6.92 Å². The van der Waals surface area contributed by atoms with Crippen molar-refractivity contribution in [3.8, 4) is 5.75 Å². The lowest BCUT2D eigenvalue weighted by molar-refractivity contribution is 0.419. The van der Waals surface area contributed by atoms with Crippen LogP contribution in [0.4, 0.5) is 5.69 Å². The highest BCUT2D eigenvalue weighted by Crippen LogP contribution is 2.30. The zero-order valence-corrected chi connectivity index (χ0v) is 8.24. The van der Waals surface area contributed by atoms with Crippen LogP contribution in [-0.4, -0.2) is 12.1 Å². The predicted octanol–water partition coefficient (Wildman–Crippen LogP) is 2.13. The van der Waals surface area contributed by atoms with Crippen LogP contribution < -0.4 is 10.5 Å². The lowest BCUT2D eigenvalue weighted by Crippen LogP contribution is -1.95. The van der Waals surface area contributed by atoms with Gasteiger partial charge in [0.25, 0.3) is 0 Å². The van der Waals surface area contributed by atoms with Crippen LogP contribution in [0.5, 0.6) is 5.75 Å². The van der Waals surface area contributed by atoms with E-state index in [-0.39, 0.29) is 0 Å². The van der Waals surface area contributed by atoms with E-state index in [0.29, 0.717) is 0 Å². The predicted molar refractivity (Wildman–Crippen MR) is 57.4 cm³/mol. The van der Waals surface area contributed by atoms with E-state index in [1.165, 1.54) is 0 Å². The van der Waals surface area contributed by atoms with Crippen LogP contribution in [0.3, 0.4) is 0 Å². The standard InChI is InChI=1S/C11H12N2O/c1-7-8-4-3-5-13-11(8)10(14-2)6-9(7)12/h3-6H,12H2,1-2H3. The molecule has 0 aliphatic heterocycles. The van der Waals surface area contributed by atoms with E-state index in [1.807, 2.05) is 25.1 Å². The van der Waals surface area contributed by atoms with Crippen LogP contribution in [0, 0.1) is 6.92 Å². The minimum atomic E-state index is 0.726. The van der Waals surface area contributed by atoms with Crippen molar-refractivity contribution in [2.75, 3.05) is 12.8 Å². The number of hydrogen-bond donors (Lipinski definition) is 1. The first-order valence-electron chi connectivity index (χ1n) is 4.42. The Hall–Kier alpha value is -1.77. The van der Waals surface area contributed by atoms with E-state index in [1.54, 1.807) is 13.3 Å². The molecule has 0 saturated heterocycles. The monoisotopic (exact) mass is 188 g/mol. The first-order chi connectivity index (χ1) is 6.74. The van der Waals surface area contributed by atoms with Crippen molar-refractivity contribution in [1.29, 1.82) is 0 Å². The van der Waals surface area contributed by atoms with Crippen LogP contribution in [-0.2, 0) is 0 Å². The van der Waals surface area contributed by atoms with Gasteiger partial charge >= 0.3 is 0 Å². The lowest BCUT2D eigenvalue weighted by atomic mass is 10.1. The summed E-state index contributed by atoms with van der Waals surface area (Å²) in [5, 5.41) is 1.05. The number of nitrogens with two attached hydrogens (primary N) is 1. The van der Waals surface area contributed by atoms with Crippen molar-refractivity contribution in [3.63, 3.8) is 0 Å². The topological polar surface area (TPSA) is 48.1 Å². The molecule has 0 saturated carbocycles. The number of aromatic nitrogens is 1. The van der Waals surface area contributed by atoms with Crippen LogP contribution in [0.15, 0.2) is 24.4 Å². The van der Waals surface area contributed by atoms with Crippen molar-refractivity contribution < 1.29 is 4.74 Å². The number of nitrogen functional groups attached to an aromatic ring is 1. The zero-order valence-electron chi connectivity index (χ0n) is 8.24. The molecular weight excluding hydrogens is 176 g/mol. The van der Waals surface area contributed by atoms with Gasteiger partial charge in [-0.1, -0.05) is 6.07 Å². The Kier molecular flexibility index (Phi) is 2.00. The Morgan fingerprint density at radius 1 is 1.43 bits per heavy atom. The van der Waals surface area contributed by atoms with Crippen LogP contribution in [0.2, 0.25) is 0 Å². The lowest BCUT2D eigenvalue weighted by Gasteiger charge is -2.09. The summed E-state index contributed by atoms with van der Waals surface area (Å²) < 4.78 is 5.22. The summed E-state index contributed by atoms with van der Waals surface area (Å²) in [6.07, 6.45) is 1.75. The van der Waals surface area contributed by atoms with Gasteiger partial charge in [-0.25, -0.2) is 0 Å². The molecule has 2 rings (SSSR count). The van der Waals surface area contributed by atoms with Gasteiger partial charge in [-0.2, -0.15) is 0 Å². The quantitative estimate of drug-likeness (QED) is 0.697. The second-order valence-corrected chi connectivity index (χ2v) is 3.19. The van der Waals surface area contributed by atoms with Gasteiger partial charge in [0.05, 0.1) is 7.11 Å². The molecule has 0 unspecified atom stereocenters.